The minimum Gasteiger partial charge on any atom is -0.397 e. The highest BCUT2D eigenvalue weighted by Gasteiger charge is 2.27. The number of rotatable bonds is 7. The highest BCUT2D eigenvalue weighted by atomic mass is 19.1. The molecule has 0 radical (unpaired) electrons. The van der Waals surface area contributed by atoms with Gasteiger partial charge in [-0.3, -0.25) is 9.59 Å². The van der Waals surface area contributed by atoms with Crippen LogP contribution in [0.1, 0.15) is 24.1 Å². The summed E-state index contributed by atoms with van der Waals surface area (Å²) < 4.78 is 14.2. The SMILES string of the molecule is C=CC(=O)N[C@@H](C(=O)Nc1cc(C#N)cnc1NCC)c1cc(N)cnc1F. The smallest absolute Gasteiger partial charge is 0.251 e. The van der Waals surface area contributed by atoms with E-state index in [1.54, 1.807) is 0 Å². The Morgan fingerprint density at radius 1 is 1.39 bits per heavy atom. The van der Waals surface area contributed by atoms with E-state index in [0.29, 0.717) is 12.4 Å². The Labute approximate surface area is 160 Å². The Balaban J connectivity index is 2.43. The van der Waals surface area contributed by atoms with E-state index in [1.165, 1.54) is 18.3 Å². The molecule has 2 rings (SSSR count). The number of aromatic nitrogens is 2. The van der Waals surface area contributed by atoms with Gasteiger partial charge in [-0.25, -0.2) is 9.97 Å². The number of nitrogens with one attached hydrogen (secondary N) is 3. The molecule has 0 aliphatic heterocycles. The maximum absolute atomic E-state index is 14.2. The predicted molar refractivity (Wildman–Crippen MR) is 101 cm³/mol. The lowest BCUT2D eigenvalue weighted by atomic mass is 10.1. The topological polar surface area (TPSA) is 146 Å². The molecule has 0 spiro atoms. The summed E-state index contributed by atoms with van der Waals surface area (Å²) in [5.74, 6) is -2.13. The molecular formula is C18H18FN7O2. The Hall–Kier alpha value is -4.00. The van der Waals surface area contributed by atoms with Gasteiger partial charge in [-0.05, 0) is 25.1 Å². The second-order valence-electron chi connectivity index (χ2n) is 5.55. The third-order valence-electron chi connectivity index (χ3n) is 3.55. The minimum atomic E-state index is -1.44. The number of hydrogen-bond acceptors (Lipinski definition) is 7. The van der Waals surface area contributed by atoms with E-state index >= 15 is 0 Å². The van der Waals surface area contributed by atoms with Crippen LogP contribution in [0.2, 0.25) is 0 Å². The first kappa shape index (κ1) is 20.3. The standard InChI is InChI=1S/C18H18FN7O2/c1-3-14(27)26-15(12-6-11(21)9-23-16(12)19)18(28)25-13-5-10(7-20)8-24-17(13)22-4-2/h3,5-6,8-9,15H,1,4,21H2,2H3,(H,22,24)(H,25,28)(H,26,27)/t15-/m1/s1. The van der Waals surface area contributed by atoms with E-state index in [-0.39, 0.29) is 22.5 Å². The molecule has 0 aromatic carbocycles. The van der Waals surface area contributed by atoms with Crippen LogP contribution in [0.3, 0.4) is 0 Å². The second-order valence-corrected chi connectivity index (χ2v) is 5.55. The van der Waals surface area contributed by atoms with Gasteiger partial charge in [0.05, 0.1) is 23.1 Å². The van der Waals surface area contributed by atoms with Crippen molar-refractivity contribution in [2.45, 2.75) is 13.0 Å². The Bertz CT molecular complexity index is 955. The number of hydrogen-bond donors (Lipinski definition) is 4. The van der Waals surface area contributed by atoms with Gasteiger partial charge < -0.3 is 21.7 Å². The van der Waals surface area contributed by atoms with Crippen LogP contribution in [-0.4, -0.2) is 28.3 Å². The van der Waals surface area contributed by atoms with Crippen molar-refractivity contribution in [2.75, 3.05) is 22.9 Å². The molecule has 1 atom stereocenters. The average molecular weight is 383 g/mol. The van der Waals surface area contributed by atoms with Crippen LogP contribution in [0.4, 0.5) is 21.6 Å². The van der Waals surface area contributed by atoms with Gasteiger partial charge in [0.1, 0.15) is 17.9 Å². The largest absolute Gasteiger partial charge is 0.397 e. The van der Waals surface area contributed by atoms with E-state index in [4.69, 9.17) is 11.0 Å². The number of nitrogen functional groups attached to an aromatic ring is 1. The number of halogens is 1. The van der Waals surface area contributed by atoms with Crippen LogP contribution in [-0.2, 0) is 9.59 Å². The normalized spacial score (nSPS) is 11.0. The van der Waals surface area contributed by atoms with Crippen molar-refractivity contribution in [2.24, 2.45) is 0 Å². The molecule has 0 aliphatic rings. The fourth-order valence-corrected chi connectivity index (χ4v) is 2.30. The number of amides is 2. The predicted octanol–water partition coefficient (Wildman–Crippen LogP) is 1.48. The van der Waals surface area contributed by atoms with Crippen molar-refractivity contribution in [1.29, 1.82) is 5.26 Å². The minimum absolute atomic E-state index is 0.114. The summed E-state index contributed by atoms with van der Waals surface area (Å²) in [6, 6.07) is 3.08. The molecule has 9 nitrogen and oxygen atoms in total. The molecule has 0 bridgehead atoms. The number of carbonyl (C=O) groups excluding carboxylic acids is 2. The molecular weight excluding hydrogens is 365 g/mol. The summed E-state index contributed by atoms with van der Waals surface area (Å²) in [6.07, 6.45) is 3.37. The molecule has 0 fully saturated rings. The van der Waals surface area contributed by atoms with Gasteiger partial charge >= 0.3 is 0 Å². The molecule has 2 heterocycles. The van der Waals surface area contributed by atoms with E-state index in [9.17, 15) is 14.0 Å². The Morgan fingerprint density at radius 3 is 2.79 bits per heavy atom. The van der Waals surface area contributed by atoms with Gasteiger partial charge in [0.25, 0.3) is 5.91 Å². The van der Waals surface area contributed by atoms with E-state index in [1.807, 2.05) is 13.0 Å². The molecule has 2 aromatic rings. The van der Waals surface area contributed by atoms with Gasteiger partial charge in [-0.1, -0.05) is 6.58 Å². The zero-order valence-electron chi connectivity index (χ0n) is 15.0. The van der Waals surface area contributed by atoms with Gasteiger partial charge in [-0.15, -0.1) is 0 Å². The lowest BCUT2D eigenvalue weighted by molar-refractivity contribution is -0.124. The molecule has 144 valence electrons. The van der Waals surface area contributed by atoms with E-state index < -0.39 is 23.8 Å². The quantitative estimate of drug-likeness (QED) is 0.418. The van der Waals surface area contributed by atoms with Crippen molar-refractivity contribution < 1.29 is 14.0 Å². The van der Waals surface area contributed by atoms with Crippen molar-refractivity contribution in [1.82, 2.24) is 15.3 Å². The Morgan fingerprint density at radius 2 is 2.14 bits per heavy atom. The van der Waals surface area contributed by atoms with Crippen LogP contribution in [0, 0.1) is 17.3 Å². The highest BCUT2D eigenvalue weighted by molar-refractivity contribution is 6.01. The first-order valence-corrected chi connectivity index (χ1v) is 8.18. The average Bonchev–Trinajstić information content (AvgIpc) is 2.69. The molecule has 2 aromatic heterocycles. The van der Waals surface area contributed by atoms with Crippen molar-refractivity contribution in [3.63, 3.8) is 0 Å². The molecule has 0 saturated heterocycles. The maximum Gasteiger partial charge on any atom is 0.251 e. The first-order valence-electron chi connectivity index (χ1n) is 8.18. The lowest BCUT2D eigenvalue weighted by Crippen LogP contribution is -2.37. The summed E-state index contributed by atoms with van der Waals surface area (Å²) in [4.78, 5) is 32.2. The molecule has 0 aliphatic carbocycles. The van der Waals surface area contributed by atoms with Gasteiger partial charge in [0.2, 0.25) is 11.9 Å². The summed E-state index contributed by atoms with van der Waals surface area (Å²) in [7, 11) is 0. The fourth-order valence-electron chi connectivity index (χ4n) is 2.30. The number of pyridine rings is 2. The summed E-state index contributed by atoms with van der Waals surface area (Å²) in [6.45, 7) is 5.65. The van der Waals surface area contributed by atoms with Crippen molar-refractivity contribution in [3.05, 3.63) is 54.3 Å². The molecule has 0 unspecified atom stereocenters. The summed E-state index contributed by atoms with van der Waals surface area (Å²) in [5, 5.41) is 16.9. The zero-order chi connectivity index (χ0) is 20.7. The zero-order valence-corrected chi connectivity index (χ0v) is 15.0. The monoisotopic (exact) mass is 383 g/mol. The number of anilines is 3. The number of nitriles is 1. The third-order valence-corrected chi connectivity index (χ3v) is 3.55. The van der Waals surface area contributed by atoms with Crippen LogP contribution < -0.4 is 21.7 Å². The maximum atomic E-state index is 14.2. The molecule has 10 heteroatoms. The molecule has 2 amide bonds. The lowest BCUT2D eigenvalue weighted by Gasteiger charge is -2.19. The van der Waals surface area contributed by atoms with Crippen molar-refractivity contribution >= 4 is 29.0 Å². The third kappa shape index (κ3) is 4.79. The van der Waals surface area contributed by atoms with Crippen LogP contribution in [0.5, 0.6) is 0 Å². The van der Waals surface area contributed by atoms with Crippen LogP contribution >= 0.6 is 0 Å². The van der Waals surface area contributed by atoms with Gasteiger partial charge in [-0.2, -0.15) is 9.65 Å². The fraction of sp³-hybridized carbons (Fsp3) is 0.167. The van der Waals surface area contributed by atoms with Crippen LogP contribution in [0.15, 0.2) is 37.2 Å². The molecule has 28 heavy (non-hydrogen) atoms. The van der Waals surface area contributed by atoms with Crippen LogP contribution in [0.25, 0.3) is 0 Å². The molecule has 0 saturated carbocycles. The Kier molecular flexibility index (Phi) is 6.59. The highest BCUT2D eigenvalue weighted by Crippen LogP contribution is 2.24. The van der Waals surface area contributed by atoms with E-state index in [0.717, 1.165) is 12.3 Å². The van der Waals surface area contributed by atoms with Gasteiger partial charge in [0, 0.05) is 18.3 Å². The summed E-state index contributed by atoms with van der Waals surface area (Å²) in [5.41, 5.74) is 5.93. The molecule has 5 N–H and O–H groups in total. The van der Waals surface area contributed by atoms with Gasteiger partial charge in [0.15, 0.2) is 0 Å². The number of nitrogens with zero attached hydrogens (tertiary/aromatic N) is 3. The second kappa shape index (κ2) is 9.09. The summed E-state index contributed by atoms with van der Waals surface area (Å²) >= 11 is 0. The first-order chi connectivity index (χ1) is 13.4. The van der Waals surface area contributed by atoms with E-state index in [2.05, 4.69) is 32.5 Å². The van der Waals surface area contributed by atoms with Crippen molar-refractivity contribution in [3.8, 4) is 6.07 Å². The number of nitrogens with two attached hydrogens (primary N) is 1. The number of carbonyl (C=O) groups is 2.